The molecule has 1 aromatic rings. The molecule has 1 saturated heterocycles. The number of sulfone groups is 1. The van der Waals surface area contributed by atoms with Crippen molar-refractivity contribution in [1.82, 2.24) is 5.32 Å². The molecule has 1 atom stereocenters. The van der Waals surface area contributed by atoms with Gasteiger partial charge in [-0.05, 0) is 24.5 Å². The van der Waals surface area contributed by atoms with Crippen LogP contribution in [-0.2, 0) is 9.84 Å². The van der Waals surface area contributed by atoms with Crippen LogP contribution in [0.4, 0.5) is 4.39 Å². The lowest BCUT2D eigenvalue weighted by atomic mass is 10.1. The van der Waals surface area contributed by atoms with E-state index in [2.05, 4.69) is 5.32 Å². The van der Waals surface area contributed by atoms with Gasteiger partial charge in [-0.2, -0.15) is 0 Å². The van der Waals surface area contributed by atoms with Gasteiger partial charge in [-0.25, -0.2) is 12.8 Å². The van der Waals surface area contributed by atoms with Crippen LogP contribution in [0, 0.1) is 11.7 Å². The van der Waals surface area contributed by atoms with E-state index in [0.717, 1.165) is 12.1 Å². The lowest BCUT2D eigenvalue weighted by molar-refractivity contribution is 0.0948. The Bertz CT molecular complexity index is 648. The molecule has 0 spiro atoms. The van der Waals surface area contributed by atoms with Crippen molar-refractivity contribution in [2.24, 2.45) is 5.92 Å². The zero-order valence-corrected chi connectivity index (χ0v) is 12.7. The van der Waals surface area contributed by atoms with Crippen molar-refractivity contribution < 1.29 is 17.6 Å². The highest BCUT2D eigenvalue weighted by atomic mass is 35.5. The summed E-state index contributed by atoms with van der Waals surface area (Å²) in [6, 6.07) is 2.12. The largest absolute Gasteiger partial charge is 0.352 e. The second-order valence-corrected chi connectivity index (χ2v) is 7.77. The van der Waals surface area contributed by atoms with Gasteiger partial charge in [-0.15, -0.1) is 0 Å². The Morgan fingerprint density at radius 1 is 1.35 bits per heavy atom. The van der Waals surface area contributed by atoms with Gasteiger partial charge >= 0.3 is 0 Å². The van der Waals surface area contributed by atoms with Crippen LogP contribution in [0.1, 0.15) is 16.8 Å². The number of benzene rings is 1. The fourth-order valence-corrected chi connectivity index (χ4v) is 4.39. The van der Waals surface area contributed by atoms with E-state index in [9.17, 15) is 17.6 Å². The smallest absolute Gasteiger partial charge is 0.252 e. The highest BCUT2D eigenvalue weighted by molar-refractivity contribution is 7.91. The van der Waals surface area contributed by atoms with Gasteiger partial charge in [0.1, 0.15) is 5.82 Å². The first-order chi connectivity index (χ1) is 9.28. The maximum absolute atomic E-state index is 13.3. The summed E-state index contributed by atoms with van der Waals surface area (Å²) in [7, 11) is -2.98. The maximum Gasteiger partial charge on any atom is 0.252 e. The SMILES string of the molecule is O=C(NCC1CCS(=O)(=O)C1)c1cc(F)c(Cl)cc1Cl. The van der Waals surface area contributed by atoms with Crippen LogP contribution in [0.25, 0.3) is 0 Å². The van der Waals surface area contributed by atoms with Crippen LogP contribution in [0.5, 0.6) is 0 Å². The van der Waals surface area contributed by atoms with E-state index in [1.165, 1.54) is 0 Å². The van der Waals surface area contributed by atoms with E-state index >= 15 is 0 Å². The van der Waals surface area contributed by atoms with Crippen LogP contribution < -0.4 is 5.32 Å². The van der Waals surface area contributed by atoms with E-state index in [1.54, 1.807) is 0 Å². The molecule has 1 aliphatic rings. The van der Waals surface area contributed by atoms with Crippen LogP contribution in [0.2, 0.25) is 10.0 Å². The molecule has 1 N–H and O–H groups in total. The van der Waals surface area contributed by atoms with Crippen molar-refractivity contribution in [1.29, 1.82) is 0 Å². The highest BCUT2D eigenvalue weighted by Crippen LogP contribution is 2.24. The summed E-state index contributed by atoms with van der Waals surface area (Å²) in [5, 5.41) is 2.46. The summed E-state index contributed by atoms with van der Waals surface area (Å²) in [6.07, 6.45) is 0.519. The predicted octanol–water partition coefficient (Wildman–Crippen LogP) is 2.30. The Kier molecular flexibility index (Phi) is 4.56. The standard InChI is InChI=1S/C12H12Cl2FNO3S/c13-9-4-10(14)11(15)3-8(9)12(17)16-5-7-1-2-20(18,19)6-7/h3-4,7H,1-2,5-6H2,(H,16,17). The minimum absolute atomic E-state index is 0.0191. The number of hydrogen-bond donors (Lipinski definition) is 1. The Labute approximate surface area is 126 Å². The molecule has 8 heteroatoms. The molecule has 1 fully saturated rings. The van der Waals surface area contributed by atoms with E-state index in [1.807, 2.05) is 0 Å². The first-order valence-electron chi connectivity index (χ1n) is 5.91. The van der Waals surface area contributed by atoms with Gasteiger partial charge in [0.05, 0.1) is 27.1 Å². The van der Waals surface area contributed by atoms with Gasteiger partial charge in [0.2, 0.25) is 0 Å². The van der Waals surface area contributed by atoms with Crippen molar-refractivity contribution in [3.63, 3.8) is 0 Å². The molecule has 0 aromatic heterocycles. The minimum atomic E-state index is -2.98. The molecule has 0 aliphatic carbocycles. The van der Waals surface area contributed by atoms with Crippen molar-refractivity contribution >= 4 is 38.9 Å². The third kappa shape index (κ3) is 3.62. The number of carbonyl (C=O) groups excluding carboxylic acids is 1. The minimum Gasteiger partial charge on any atom is -0.352 e. The van der Waals surface area contributed by atoms with Gasteiger partial charge in [0.25, 0.3) is 5.91 Å². The van der Waals surface area contributed by atoms with Crippen molar-refractivity contribution in [3.8, 4) is 0 Å². The number of amides is 1. The van der Waals surface area contributed by atoms with Crippen molar-refractivity contribution in [3.05, 3.63) is 33.6 Å². The first kappa shape index (κ1) is 15.5. The molecule has 0 saturated carbocycles. The summed E-state index contributed by atoms with van der Waals surface area (Å²) in [5.74, 6) is -1.18. The number of hydrogen-bond acceptors (Lipinski definition) is 3. The van der Waals surface area contributed by atoms with Crippen LogP contribution >= 0.6 is 23.2 Å². The first-order valence-corrected chi connectivity index (χ1v) is 8.49. The molecule has 1 unspecified atom stereocenters. The molecule has 0 radical (unpaired) electrons. The summed E-state index contributed by atoms with van der Waals surface area (Å²) in [6.45, 7) is 0.221. The highest BCUT2D eigenvalue weighted by Gasteiger charge is 2.28. The molecule has 110 valence electrons. The van der Waals surface area contributed by atoms with Crippen LogP contribution in [0.3, 0.4) is 0 Å². The Hall–Kier alpha value is -0.850. The zero-order chi connectivity index (χ0) is 14.9. The molecular weight excluding hydrogens is 328 g/mol. The van der Waals surface area contributed by atoms with E-state index < -0.39 is 21.6 Å². The van der Waals surface area contributed by atoms with Crippen molar-refractivity contribution in [2.45, 2.75) is 6.42 Å². The molecular formula is C12H12Cl2FNO3S. The average Bonchev–Trinajstić information content (AvgIpc) is 2.70. The Balaban J connectivity index is 2.01. The van der Waals surface area contributed by atoms with E-state index in [-0.39, 0.29) is 39.6 Å². The van der Waals surface area contributed by atoms with Gasteiger partial charge in [0.15, 0.2) is 9.84 Å². The summed E-state index contributed by atoms with van der Waals surface area (Å²) < 4.78 is 35.9. The summed E-state index contributed by atoms with van der Waals surface area (Å²) in [4.78, 5) is 11.9. The number of nitrogens with one attached hydrogen (secondary N) is 1. The average molecular weight is 340 g/mol. The van der Waals surface area contributed by atoms with Gasteiger partial charge < -0.3 is 5.32 Å². The number of carbonyl (C=O) groups is 1. The van der Waals surface area contributed by atoms with E-state index in [4.69, 9.17) is 23.2 Å². The Morgan fingerprint density at radius 3 is 2.65 bits per heavy atom. The summed E-state index contributed by atoms with van der Waals surface area (Å²) >= 11 is 11.4. The molecule has 1 heterocycles. The maximum atomic E-state index is 13.3. The molecule has 0 bridgehead atoms. The lowest BCUT2D eigenvalue weighted by Crippen LogP contribution is -2.30. The zero-order valence-electron chi connectivity index (χ0n) is 10.3. The topological polar surface area (TPSA) is 63.2 Å². The van der Waals surface area contributed by atoms with Crippen LogP contribution in [0.15, 0.2) is 12.1 Å². The second kappa shape index (κ2) is 5.87. The normalized spacial score (nSPS) is 20.9. The monoisotopic (exact) mass is 339 g/mol. The molecule has 20 heavy (non-hydrogen) atoms. The fourth-order valence-electron chi connectivity index (χ4n) is 2.06. The molecule has 2 rings (SSSR count). The second-order valence-electron chi connectivity index (χ2n) is 4.73. The van der Waals surface area contributed by atoms with Gasteiger partial charge in [-0.1, -0.05) is 23.2 Å². The Morgan fingerprint density at radius 2 is 2.05 bits per heavy atom. The van der Waals surface area contributed by atoms with Crippen LogP contribution in [-0.4, -0.2) is 32.4 Å². The molecule has 1 amide bonds. The third-order valence-electron chi connectivity index (χ3n) is 3.13. The molecule has 1 aliphatic heterocycles. The van der Waals surface area contributed by atoms with E-state index in [0.29, 0.717) is 6.42 Å². The summed E-state index contributed by atoms with van der Waals surface area (Å²) in [5.41, 5.74) is -0.0191. The quantitative estimate of drug-likeness (QED) is 0.859. The number of halogens is 3. The number of rotatable bonds is 3. The fraction of sp³-hybridized carbons (Fsp3) is 0.417. The van der Waals surface area contributed by atoms with Gasteiger partial charge in [-0.3, -0.25) is 4.79 Å². The molecule has 4 nitrogen and oxygen atoms in total. The van der Waals surface area contributed by atoms with Gasteiger partial charge in [0, 0.05) is 6.54 Å². The molecule has 1 aromatic carbocycles. The lowest BCUT2D eigenvalue weighted by Gasteiger charge is -2.11. The predicted molar refractivity (Wildman–Crippen MR) is 75.5 cm³/mol. The third-order valence-corrected chi connectivity index (χ3v) is 5.57. The van der Waals surface area contributed by atoms with Crippen molar-refractivity contribution in [2.75, 3.05) is 18.1 Å².